The van der Waals surface area contributed by atoms with Crippen molar-refractivity contribution in [3.05, 3.63) is 84.7 Å². The van der Waals surface area contributed by atoms with Crippen molar-refractivity contribution < 1.29 is 5.11 Å². The van der Waals surface area contributed by atoms with Gasteiger partial charge in [0.05, 0.1) is 6.20 Å². The molecule has 4 rings (SSSR count). The lowest BCUT2D eigenvalue weighted by Crippen LogP contribution is -1.98. The highest BCUT2D eigenvalue weighted by Crippen LogP contribution is 2.27. The first-order chi connectivity index (χ1) is 13.5. The van der Waals surface area contributed by atoms with Gasteiger partial charge < -0.3 is 10.4 Å². The minimum atomic E-state index is 0.0403. The van der Waals surface area contributed by atoms with Gasteiger partial charge in [0.1, 0.15) is 11.6 Å². The fourth-order valence-corrected chi connectivity index (χ4v) is 3.11. The van der Waals surface area contributed by atoms with Crippen LogP contribution in [0.15, 0.2) is 73.6 Å². The summed E-state index contributed by atoms with van der Waals surface area (Å²) >= 11 is 0. The van der Waals surface area contributed by atoms with E-state index in [1.807, 2.05) is 36.5 Å². The van der Waals surface area contributed by atoms with E-state index in [0.717, 1.165) is 28.3 Å². The molecule has 0 atom stereocenters. The molecule has 28 heavy (non-hydrogen) atoms. The second-order valence-corrected chi connectivity index (χ2v) is 7.07. The lowest BCUT2D eigenvalue weighted by atomic mass is 10.0. The first kappa shape index (κ1) is 17.8. The minimum Gasteiger partial charge on any atom is -0.508 e. The van der Waals surface area contributed by atoms with Crippen LogP contribution in [0.5, 0.6) is 0 Å². The topological polar surface area (TPSA) is 62.5 Å². The summed E-state index contributed by atoms with van der Waals surface area (Å²) < 4.78 is 1.74. The van der Waals surface area contributed by atoms with Gasteiger partial charge >= 0.3 is 0 Å². The fraction of sp³-hybridized carbons (Fsp3) is 0.130. The van der Waals surface area contributed by atoms with Gasteiger partial charge in [-0.25, -0.2) is 9.50 Å². The number of anilines is 2. The predicted molar refractivity (Wildman–Crippen MR) is 114 cm³/mol. The SMILES string of the molecule is C=C(O)c1cccc(-c2cnn3ccc(Nc4ccc(C(C)C)cc4)nc23)c1. The van der Waals surface area contributed by atoms with E-state index in [4.69, 9.17) is 4.98 Å². The first-order valence-electron chi connectivity index (χ1n) is 9.21. The number of aliphatic hydroxyl groups is 1. The van der Waals surface area contributed by atoms with Crippen molar-refractivity contribution in [1.29, 1.82) is 0 Å². The maximum Gasteiger partial charge on any atom is 0.165 e. The van der Waals surface area contributed by atoms with Gasteiger partial charge in [-0.15, -0.1) is 0 Å². The molecule has 0 unspecified atom stereocenters. The third-order valence-corrected chi connectivity index (χ3v) is 4.73. The number of hydrogen-bond donors (Lipinski definition) is 2. The molecule has 0 radical (unpaired) electrons. The van der Waals surface area contributed by atoms with E-state index in [2.05, 4.69) is 55.1 Å². The third-order valence-electron chi connectivity index (χ3n) is 4.73. The van der Waals surface area contributed by atoms with Crippen molar-refractivity contribution in [2.45, 2.75) is 19.8 Å². The Balaban J connectivity index is 1.68. The van der Waals surface area contributed by atoms with E-state index in [0.29, 0.717) is 11.5 Å². The Hall–Kier alpha value is -3.60. The van der Waals surface area contributed by atoms with Gasteiger partial charge in [0.2, 0.25) is 0 Å². The number of aromatic nitrogens is 3. The molecule has 0 saturated heterocycles. The molecule has 0 bridgehead atoms. The van der Waals surface area contributed by atoms with Crippen molar-refractivity contribution in [2.75, 3.05) is 5.32 Å². The number of aliphatic hydroxyl groups excluding tert-OH is 1. The van der Waals surface area contributed by atoms with Crippen LogP contribution in [0.3, 0.4) is 0 Å². The Morgan fingerprint density at radius 3 is 2.61 bits per heavy atom. The molecule has 0 amide bonds. The number of hydrogen-bond acceptors (Lipinski definition) is 4. The zero-order valence-electron chi connectivity index (χ0n) is 15.9. The summed E-state index contributed by atoms with van der Waals surface area (Å²) in [7, 11) is 0. The van der Waals surface area contributed by atoms with Gasteiger partial charge in [0.25, 0.3) is 0 Å². The van der Waals surface area contributed by atoms with Crippen molar-refractivity contribution in [1.82, 2.24) is 14.6 Å². The molecule has 140 valence electrons. The lowest BCUT2D eigenvalue weighted by Gasteiger charge is -2.09. The highest BCUT2D eigenvalue weighted by molar-refractivity contribution is 5.79. The predicted octanol–water partition coefficient (Wildman–Crippen LogP) is 5.79. The van der Waals surface area contributed by atoms with Gasteiger partial charge in [0.15, 0.2) is 5.65 Å². The molecular weight excluding hydrogens is 348 g/mol. The Bertz CT molecular complexity index is 1140. The highest BCUT2D eigenvalue weighted by atomic mass is 16.3. The molecule has 0 fully saturated rings. The normalized spacial score (nSPS) is 11.1. The van der Waals surface area contributed by atoms with Gasteiger partial charge in [-0.2, -0.15) is 5.10 Å². The summed E-state index contributed by atoms with van der Waals surface area (Å²) in [6.45, 7) is 7.96. The minimum absolute atomic E-state index is 0.0403. The van der Waals surface area contributed by atoms with E-state index < -0.39 is 0 Å². The van der Waals surface area contributed by atoms with Gasteiger partial charge in [0, 0.05) is 23.0 Å². The lowest BCUT2D eigenvalue weighted by molar-refractivity contribution is 0.514. The summed E-state index contributed by atoms with van der Waals surface area (Å²) in [4.78, 5) is 4.74. The summed E-state index contributed by atoms with van der Waals surface area (Å²) in [6, 6.07) is 17.8. The molecule has 5 heteroatoms. The molecule has 0 aliphatic heterocycles. The van der Waals surface area contributed by atoms with Crippen LogP contribution in [0, 0.1) is 0 Å². The van der Waals surface area contributed by atoms with E-state index in [9.17, 15) is 5.11 Å². The van der Waals surface area contributed by atoms with Crippen LogP contribution < -0.4 is 5.32 Å². The standard InChI is InChI=1S/C23H22N4O/c1-15(2)17-7-9-20(10-8-17)25-22-11-12-27-23(26-22)21(14-24-27)19-6-4-5-18(13-19)16(3)28/h4-15,28H,3H2,1-2H3,(H,25,26). The molecule has 4 aromatic rings. The maximum absolute atomic E-state index is 9.68. The largest absolute Gasteiger partial charge is 0.508 e. The highest BCUT2D eigenvalue weighted by Gasteiger charge is 2.10. The van der Waals surface area contributed by atoms with Crippen LogP contribution >= 0.6 is 0 Å². The second kappa shape index (κ2) is 7.19. The number of fused-ring (bicyclic) bond motifs is 1. The van der Waals surface area contributed by atoms with E-state index in [1.165, 1.54) is 5.56 Å². The molecule has 0 spiro atoms. The summed E-state index contributed by atoms with van der Waals surface area (Å²) in [5, 5.41) is 17.4. The molecule has 2 heterocycles. The molecule has 0 saturated carbocycles. The average molecular weight is 370 g/mol. The number of nitrogens with one attached hydrogen (secondary N) is 1. The van der Waals surface area contributed by atoms with Crippen LogP contribution in [0.25, 0.3) is 22.5 Å². The van der Waals surface area contributed by atoms with Gasteiger partial charge in [-0.05, 0) is 41.3 Å². The Kier molecular flexibility index (Phi) is 4.57. The number of rotatable bonds is 5. The third kappa shape index (κ3) is 3.47. The van der Waals surface area contributed by atoms with Crippen LogP contribution in [-0.4, -0.2) is 19.7 Å². The molecule has 2 aromatic carbocycles. The zero-order chi connectivity index (χ0) is 19.7. The Morgan fingerprint density at radius 2 is 1.89 bits per heavy atom. The van der Waals surface area contributed by atoms with Crippen molar-refractivity contribution >= 4 is 22.9 Å². The monoisotopic (exact) mass is 370 g/mol. The van der Waals surface area contributed by atoms with Crippen molar-refractivity contribution in [2.24, 2.45) is 0 Å². The second-order valence-electron chi connectivity index (χ2n) is 7.07. The van der Waals surface area contributed by atoms with E-state index in [1.54, 1.807) is 10.7 Å². The van der Waals surface area contributed by atoms with Crippen LogP contribution in [0.2, 0.25) is 0 Å². The number of benzene rings is 2. The summed E-state index contributed by atoms with van der Waals surface area (Å²) in [6.07, 6.45) is 3.66. The van der Waals surface area contributed by atoms with E-state index >= 15 is 0 Å². The van der Waals surface area contributed by atoms with Crippen LogP contribution in [0.4, 0.5) is 11.5 Å². The molecule has 2 N–H and O–H groups in total. The van der Waals surface area contributed by atoms with Gasteiger partial charge in [-0.3, -0.25) is 0 Å². The maximum atomic E-state index is 9.68. The summed E-state index contributed by atoms with van der Waals surface area (Å²) in [5.41, 5.74) is 5.52. The van der Waals surface area contributed by atoms with Crippen LogP contribution in [-0.2, 0) is 0 Å². The summed E-state index contributed by atoms with van der Waals surface area (Å²) in [5.74, 6) is 1.29. The molecule has 2 aromatic heterocycles. The van der Waals surface area contributed by atoms with Crippen LogP contribution in [0.1, 0.15) is 30.9 Å². The van der Waals surface area contributed by atoms with Gasteiger partial charge in [-0.1, -0.05) is 50.8 Å². The molecule has 0 aliphatic carbocycles. The molecular formula is C23H22N4O. The first-order valence-corrected chi connectivity index (χ1v) is 9.21. The number of nitrogens with zero attached hydrogens (tertiary/aromatic N) is 3. The quantitative estimate of drug-likeness (QED) is 0.436. The molecule has 5 nitrogen and oxygen atoms in total. The Labute approximate surface area is 164 Å². The molecule has 0 aliphatic rings. The average Bonchev–Trinajstić information content (AvgIpc) is 3.12. The fourth-order valence-electron chi connectivity index (χ4n) is 3.11. The zero-order valence-corrected chi connectivity index (χ0v) is 15.9. The van der Waals surface area contributed by atoms with E-state index in [-0.39, 0.29) is 5.76 Å². The Morgan fingerprint density at radius 1 is 1.11 bits per heavy atom. The van der Waals surface area contributed by atoms with Crippen molar-refractivity contribution in [3.63, 3.8) is 0 Å². The smallest absolute Gasteiger partial charge is 0.165 e. The van der Waals surface area contributed by atoms with Crippen molar-refractivity contribution in [3.8, 4) is 11.1 Å².